The maximum absolute atomic E-state index is 12.3. The van der Waals surface area contributed by atoms with Gasteiger partial charge in [-0.3, -0.25) is 0 Å². The molecule has 28 heavy (non-hydrogen) atoms. The maximum atomic E-state index is 12.3. The van der Waals surface area contributed by atoms with E-state index in [-0.39, 0.29) is 5.76 Å². The Labute approximate surface area is 161 Å². The first-order valence-electron chi connectivity index (χ1n) is 8.32. The molecule has 0 fully saturated rings. The second-order valence-electron chi connectivity index (χ2n) is 5.67. The fraction of sp³-hybridized carbons (Fsp3) is 0.250. The Balaban J connectivity index is 2.20. The number of esters is 1. The number of hydrogen-bond acceptors (Lipinski definition) is 8. The summed E-state index contributed by atoms with van der Waals surface area (Å²) in [7, 11) is 7.41. The van der Waals surface area contributed by atoms with Crippen LogP contribution in [0.1, 0.15) is 10.6 Å². The lowest BCUT2D eigenvalue weighted by molar-refractivity contribution is 0.0569. The summed E-state index contributed by atoms with van der Waals surface area (Å²) in [5.74, 6) is 1.33. The average molecular weight is 387 g/mol. The topological polar surface area (TPSA) is 88.4 Å². The Morgan fingerprint density at radius 1 is 0.893 bits per heavy atom. The molecular formula is C20H21NO7. The van der Waals surface area contributed by atoms with Crippen LogP contribution in [0.5, 0.6) is 23.0 Å². The number of benzene rings is 2. The number of ether oxygens (including phenoxy) is 5. The van der Waals surface area contributed by atoms with E-state index >= 15 is 0 Å². The first-order chi connectivity index (χ1) is 13.6. The Bertz CT molecular complexity index is 984. The first-order valence-corrected chi connectivity index (χ1v) is 8.32. The maximum Gasteiger partial charge on any atom is 0.376 e. The second kappa shape index (κ2) is 7.99. The van der Waals surface area contributed by atoms with Crippen LogP contribution in [0.25, 0.3) is 11.0 Å². The van der Waals surface area contributed by atoms with Crippen molar-refractivity contribution in [2.75, 3.05) is 40.9 Å². The van der Waals surface area contributed by atoms with Crippen LogP contribution in [0, 0.1) is 0 Å². The van der Waals surface area contributed by atoms with Crippen LogP contribution < -0.4 is 24.3 Å². The molecule has 8 nitrogen and oxygen atoms in total. The van der Waals surface area contributed by atoms with Crippen molar-refractivity contribution in [3.63, 3.8) is 0 Å². The molecule has 3 rings (SSSR count). The van der Waals surface area contributed by atoms with Crippen LogP contribution >= 0.6 is 0 Å². The standard InChI is InChI=1S/C20H21NO7/c1-23-12-7-6-8-13-16(12)17(19(28-13)20(22)27-5)21-11-9-14(24-2)18(26-4)15(10-11)25-3/h6-10,21H,1-5H3. The molecule has 8 heteroatoms. The molecule has 3 aromatic rings. The smallest absolute Gasteiger partial charge is 0.376 e. The molecule has 0 aliphatic rings. The normalized spacial score (nSPS) is 10.5. The van der Waals surface area contributed by atoms with Crippen molar-refractivity contribution in [1.29, 1.82) is 0 Å². The minimum atomic E-state index is -0.617. The van der Waals surface area contributed by atoms with Gasteiger partial charge < -0.3 is 33.4 Å². The average Bonchev–Trinajstić information content (AvgIpc) is 3.10. The molecule has 0 saturated heterocycles. The summed E-state index contributed by atoms with van der Waals surface area (Å²) in [5, 5.41) is 3.81. The third-order valence-electron chi connectivity index (χ3n) is 4.20. The summed E-state index contributed by atoms with van der Waals surface area (Å²) in [6.07, 6.45) is 0. The number of methoxy groups -OCH3 is 5. The zero-order chi connectivity index (χ0) is 20.3. The van der Waals surface area contributed by atoms with E-state index in [1.54, 1.807) is 37.4 Å². The Hall–Kier alpha value is -3.55. The molecule has 0 amide bonds. The van der Waals surface area contributed by atoms with Gasteiger partial charge in [0.1, 0.15) is 17.0 Å². The molecule has 0 saturated carbocycles. The predicted molar refractivity (Wildman–Crippen MR) is 103 cm³/mol. The minimum absolute atomic E-state index is 0.0238. The monoisotopic (exact) mass is 387 g/mol. The summed E-state index contributed by atoms with van der Waals surface area (Å²) in [6.45, 7) is 0. The Kier molecular flexibility index (Phi) is 5.49. The van der Waals surface area contributed by atoms with E-state index in [4.69, 9.17) is 28.1 Å². The second-order valence-corrected chi connectivity index (χ2v) is 5.67. The van der Waals surface area contributed by atoms with Crippen molar-refractivity contribution in [3.8, 4) is 23.0 Å². The number of rotatable bonds is 7. The van der Waals surface area contributed by atoms with Gasteiger partial charge in [-0.25, -0.2) is 4.79 Å². The third kappa shape index (κ3) is 3.24. The van der Waals surface area contributed by atoms with Gasteiger partial charge in [0.2, 0.25) is 11.5 Å². The lowest BCUT2D eigenvalue weighted by atomic mass is 10.1. The van der Waals surface area contributed by atoms with Crippen LogP contribution in [0.3, 0.4) is 0 Å². The summed E-state index contributed by atoms with van der Waals surface area (Å²) in [6, 6.07) is 8.73. The molecule has 0 aliphatic carbocycles. The van der Waals surface area contributed by atoms with Crippen molar-refractivity contribution in [3.05, 3.63) is 36.1 Å². The highest BCUT2D eigenvalue weighted by atomic mass is 16.5. The van der Waals surface area contributed by atoms with Crippen LogP contribution in [0.4, 0.5) is 11.4 Å². The number of nitrogens with one attached hydrogen (secondary N) is 1. The largest absolute Gasteiger partial charge is 0.496 e. The van der Waals surface area contributed by atoms with E-state index in [1.165, 1.54) is 28.4 Å². The number of carbonyl (C=O) groups is 1. The van der Waals surface area contributed by atoms with E-state index < -0.39 is 5.97 Å². The molecule has 1 N–H and O–H groups in total. The number of furan rings is 1. The molecule has 0 radical (unpaired) electrons. The summed E-state index contributed by atoms with van der Waals surface area (Å²) >= 11 is 0. The highest BCUT2D eigenvalue weighted by Crippen LogP contribution is 2.43. The predicted octanol–water partition coefficient (Wildman–Crippen LogP) is 4.00. The number of carbonyl (C=O) groups excluding carboxylic acids is 1. The van der Waals surface area contributed by atoms with Crippen LogP contribution in [-0.2, 0) is 4.74 Å². The minimum Gasteiger partial charge on any atom is -0.496 e. The molecule has 0 atom stereocenters. The van der Waals surface area contributed by atoms with Gasteiger partial charge in [-0.05, 0) is 12.1 Å². The van der Waals surface area contributed by atoms with E-state index in [9.17, 15) is 4.79 Å². The molecule has 1 aromatic heterocycles. The summed E-state index contributed by atoms with van der Waals surface area (Å²) < 4.78 is 32.1. The highest BCUT2D eigenvalue weighted by Gasteiger charge is 2.25. The molecule has 1 heterocycles. The van der Waals surface area contributed by atoms with Gasteiger partial charge in [-0.15, -0.1) is 0 Å². The van der Waals surface area contributed by atoms with E-state index in [0.717, 1.165) is 0 Å². The van der Waals surface area contributed by atoms with Gasteiger partial charge in [-0.2, -0.15) is 0 Å². The fourth-order valence-corrected chi connectivity index (χ4v) is 2.94. The Morgan fingerprint density at radius 3 is 2.07 bits per heavy atom. The first kappa shape index (κ1) is 19.2. The van der Waals surface area contributed by atoms with Crippen molar-refractivity contribution < 1.29 is 32.9 Å². The van der Waals surface area contributed by atoms with Gasteiger partial charge >= 0.3 is 5.97 Å². The molecule has 148 valence electrons. The van der Waals surface area contributed by atoms with E-state index in [1.807, 2.05) is 0 Å². The van der Waals surface area contributed by atoms with Crippen molar-refractivity contribution in [2.24, 2.45) is 0 Å². The van der Waals surface area contributed by atoms with Crippen LogP contribution in [0.2, 0.25) is 0 Å². The van der Waals surface area contributed by atoms with Gasteiger partial charge in [-0.1, -0.05) is 6.07 Å². The number of anilines is 2. The van der Waals surface area contributed by atoms with E-state index in [0.29, 0.717) is 45.3 Å². The molecular weight excluding hydrogens is 366 g/mol. The molecule has 0 spiro atoms. The number of hydrogen-bond donors (Lipinski definition) is 1. The molecule has 0 bridgehead atoms. The molecule has 0 aliphatic heterocycles. The Morgan fingerprint density at radius 2 is 1.54 bits per heavy atom. The zero-order valence-electron chi connectivity index (χ0n) is 16.2. The molecule has 2 aromatic carbocycles. The fourth-order valence-electron chi connectivity index (χ4n) is 2.94. The van der Waals surface area contributed by atoms with Gasteiger partial charge in [0.05, 0.1) is 40.9 Å². The van der Waals surface area contributed by atoms with Crippen molar-refractivity contribution >= 4 is 28.3 Å². The van der Waals surface area contributed by atoms with Gasteiger partial charge in [0.25, 0.3) is 0 Å². The summed E-state index contributed by atoms with van der Waals surface area (Å²) in [5.41, 5.74) is 1.48. The van der Waals surface area contributed by atoms with Crippen molar-refractivity contribution in [2.45, 2.75) is 0 Å². The molecule has 0 unspecified atom stereocenters. The van der Waals surface area contributed by atoms with Gasteiger partial charge in [0.15, 0.2) is 11.5 Å². The lowest BCUT2D eigenvalue weighted by Crippen LogP contribution is -2.04. The summed E-state index contributed by atoms with van der Waals surface area (Å²) in [4.78, 5) is 12.3. The lowest BCUT2D eigenvalue weighted by Gasteiger charge is -2.15. The number of fused-ring (bicyclic) bond motifs is 1. The van der Waals surface area contributed by atoms with Gasteiger partial charge in [0, 0.05) is 17.8 Å². The van der Waals surface area contributed by atoms with E-state index in [2.05, 4.69) is 5.32 Å². The SMILES string of the molecule is COC(=O)c1oc2cccc(OC)c2c1Nc1cc(OC)c(OC)c(OC)c1. The zero-order valence-corrected chi connectivity index (χ0v) is 16.2. The third-order valence-corrected chi connectivity index (χ3v) is 4.20. The van der Waals surface area contributed by atoms with Crippen LogP contribution in [-0.4, -0.2) is 41.5 Å². The highest BCUT2D eigenvalue weighted by molar-refractivity contribution is 6.07. The van der Waals surface area contributed by atoms with Crippen molar-refractivity contribution in [1.82, 2.24) is 0 Å². The van der Waals surface area contributed by atoms with Crippen LogP contribution in [0.15, 0.2) is 34.7 Å². The quantitative estimate of drug-likeness (QED) is 0.609.